The van der Waals surface area contributed by atoms with Crippen LogP contribution in [0.4, 0.5) is 5.13 Å². The largest absolute Gasteiger partial charge is 0.287 e. The Balaban J connectivity index is 1.86. The van der Waals surface area contributed by atoms with Gasteiger partial charge in [-0.3, -0.25) is 9.69 Å². The molecule has 0 aromatic carbocycles. The predicted molar refractivity (Wildman–Crippen MR) is 76.1 cm³/mol. The normalized spacial score (nSPS) is 19.4. The van der Waals surface area contributed by atoms with Gasteiger partial charge >= 0.3 is 0 Å². The fourth-order valence-corrected chi connectivity index (χ4v) is 3.62. The fourth-order valence-electron chi connectivity index (χ4n) is 2.00. The molecule has 0 radical (unpaired) electrons. The van der Waals surface area contributed by atoms with Crippen LogP contribution in [0.1, 0.15) is 6.42 Å². The summed E-state index contributed by atoms with van der Waals surface area (Å²) in [7, 11) is 0. The Bertz CT molecular complexity index is 574. The van der Waals surface area contributed by atoms with Crippen molar-refractivity contribution < 1.29 is 4.79 Å². The maximum atomic E-state index is 11.9. The van der Waals surface area contributed by atoms with Gasteiger partial charge in [-0.2, -0.15) is 0 Å². The lowest BCUT2D eigenvalue weighted by atomic mass is 10.1. The lowest BCUT2D eigenvalue weighted by molar-refractivity contribution is -0.117. The highest BCUT2D eigenvalue weighted by molar-refractivity contribution is 7.16. The van der Waals surface area contributed by atoms with E-state index in [9.17, 15) is 4.79 Å². The van der Waals surface area contributed by atoms with Crippen LogP contribution < -0.4 is 4.90 Å². The van der Waals surface area contributed by atoms with Crippen LogP contribution in [0.5, 0.6) is 0 Å². The number of hydrogen-bond acceptors (Lipinski definition) is 4. The van der Waals surface area contributed by atoms with Crippen LogP contribution in [-0.2, 0) is 4.79 Å². The molecule has 0 spiro atoms. The molecule has 0 aliphatic carbocycles. The number of thiophene rings is 1. The molecule has 0 saturated carbocycles. The highest BCUT2D eigenvalue weighted by atomic mass is 32.1. The van der Waals surface area contributed by atoms with E-state index in [1.165, 1.54) is 11.3 Å². The summed E-state index contributed by atoms with van der Waals surface area (Å²) in [6, 6.07) is 4.05. The molecule has 92 valence electrons. The van der Waals surface area contributed by atoms with Crippen LogP contribution in [0.25, 0.3) is 10.6 Å². The third kappa shape index (κ3) is 2.00. The van der Waals surface area contributed by atoms with E-state index in [1.54, 1.807) is 16.2 Å². The molecule has 1 atom stereocenters. The Kier molecular flexibility index (Phi) is 3.01. The van der Waals surface area contributed by atoms with Crippen LogP contribution in [0, 0.1) is 5.92 Å². The minimum Gasteiger partial charge on any atom is -0.287 e. The van der Waals surface area contributed by atoms with E-state index >= 15 is 0 Å². The second-order valence-corrected chi connectivity index (χ2v) is 5.98. The quantitative estimate of drug-likeness (QED) is 0.805. The molecular formula is C13H12N2OS2. The minimum atomic E-state index is 0.145. The second kappa shape index (κ2) is 4.66. The predicted octanol–water partition coefficient (Wildman–Crippen LogP) is 3.41. The molecule has 1 aliphatic heterocycles. The third-order valence-electron chi connectivity index (χ3n) is 2.98. The first-order valence-electron chi connectivity index (χ1n) is 5.70. The van der Waals surface area contributed by atoms with Crippen molar-refractivity contribution in [2.24, 2.45) is 5.92 Å². The van der Waals surface area contributed by atoms with Crippen molar-refractivity contribution >= 4 is 33.7 Å². The zero-order chi connectivity index (χ0) is 12.5. The highest BCUT2D eigenvalue weighted by Crippen LogP contribution is 2.33. The number of rotatable bonds is 3. The number of anilines is 1. The zero-order valence-electron chi connectivity index (χ0n) is 9.70. The van der Waals surface area contributed by atoms with E-state index in [0.717, 1.165) is 15.7 Å². The molecule has 0 N–H and O–H groups in total. The smallest absolute Gasteiger partial charge is 0.229 e. The molecule has 3 heterocycles. The first kappa shape index (κ1) is 11.6. The molecule has 1 amide bonds. The molecule has 2 aromatic rings. The third-order valence-corrected chi connectivity index (χ3v) is 4.74. The summed E-state index contributed by atoms with van der Waals surface area (Å²) in [6.07, 6.45) is 2.41. The Hall–Kier alpha value is -1.46. The van der Waals surface area contributed by atoms with Crippen molar-refractivity contribution in [2.75, 3.05) is 11.4 Å². The summed E-state index contributed by atoms with van der Waals surface area (Å²) in [4.78, 5) is 19.4. The summed E-state index contributed by atoms with van der Waals surface area (Å²) in [5.74, 6) is 0.401. The van der Waals surface area contributed by atoms with E-state index in [-0.39, 0.29) is 11.8 Å². The lowest BCUT2D eigenvalue weighted by Crippen LogP contribution is -2.24. The molecule has 1 aliphatic rings. The van der Waals surface area contributed by atoms with Gasteiger partial charge in [-0.05, 0) is 11.4 Å². The maximum absolute atomic E-state index is 11.9. The molecule has 1 saturated heterocycles. The number of carbonyl (C=O) groups excluding carboxylic acids is 1. The van der Waals surface area contributed by atoms with Crippen molar-refractivity contribution in [1.29, 1.82) is 0 Å². The average molecular weight is 276 g/mol. The second-order valence-electron chi connectivity index (χ2n) is 4.20. The summed E-state index contributed by atoms with van der Waals surface area (Å²) in [6.45, 7) is 4.46. The van der Waals surface area contributed by atoms with Crippen LogP contribution in [-0.4, -0.2) is 17.4 Å². The lowest BCUT2D eigenvalue weighted by Gasteiger charge is -2.11. The van der Waals surface area contributed by atoms with Gasteiger partial charge in [0.05, 0.1) is 10.6 Å². The van der Waals surface area contributed by atoms with Crippen LogP contribution in [0.15, 0.2) is 35.5 Å². The van der Waals surface area contributed by atoms with Gasteiger partial charge in [0.15, 0.2) is 5.13 Å². The first-order valence-corrected chi connectivity index (χ1v) is 7.46. The molecule has 5 heteroatoms. The number of hydrogen-bond donors (Lipinski definition) is 0. The Morgan fingerprint density at radius 2 is 2.39 bits per heavy atom. The van der Waals surface area contributed by atoms with Gasteiger partial charge in [0.2, 0.25) is 5.91 Å². The van der Waals surface area contributed by atoms with Gasteiger partial charge in [-0.1, -0.05) is 12.1 Å². The van der Waals surface area contributed by atoms with Crippen LogP contribution in [0.2, 0.25) is 0 Å². The first-order chi connectivity index (χ1) is 8.78. The molecule has 1 fully saturated rings. The highest BCUT2D eigenvalue weighted by Gasteiger charge is 2.30. The van der Waals surface area contributed by atoms with Gasteiger partial charge in [0.1, 0.15) is 0 Å². The number of carbonyl (C=O) groups is 1. The zero-order valence-corrected chi connectivity index (χ0v) is 11.3. The molecule has 18 heavy (non-hydrogen) atoms. The summed E-state index contributed by atoms with van der Waals surface area (Å²) >= 11 is 3.19. The average Bonchev–Trinajstić information content (AvgIpc) is 3.08. The van der Waals surface area contributed by atoms with Crippen molar-refractivity contribution in [3.8, 4) is 10.6 Å². The molecule has 2 aromatic heterocycles. The molecule has 1 unspecified atom stereocenters. The number of aromatic nitrogens is 1. The van der Waals surface area contributed by atoms with Gasteiger partial charge in [-0.15, -0.1) is 29.3 Å². The topological polar surface area (TPSA) is 33.2 Å². The van der Waals surface area contributed by atoms with Crippen molar-refractivity contribution in [1.82, 2.24) is 4.98 Å². The number of amides is 1. The summed E-state index contributed by atoms with van der Waals surface area (Å²) < 4.78 is 0. The molecule has 3 nitrogen and oxygen atoms in total. The van der Waals surface area contributed by atoms with E-state index < -0.39 is 0 Å². The van der Waals surface area contributed by atoms with E-state index in [4.69, 9.17) is 0 Å². The summed E-state index contributed by atoms with van der Waals surface area (Å²) in [5.41, 5.74) is 0.958. The Labute approximate surface area is 113 Å². The van der Waals surface area contributed by atoms with Crippen molar-refractivity contribution in [3.05, 3.63) is 35.5 Å². The number of nitrogens with zero attached hydrogens (tertiary/aromatic N) is 2. The van der Waals surface area contributed by atoms with Gasteiger partial charge in [0.25, 0.3) is 0 Å². The van der Waals surface area contributed by atoms with E-state index in [2.05, 4.69) is 11.6 Å². The Morgan fingerprint density at radius 3 is 3.06 bits per heavy atom. The van der Waals surface area contributed by atoms with Gasteiger partial charge in [-0.25, -0.2) is 4.98 Å². The fraction of sp³-hybridized carbons (Fsp3) is 0.231. The van der Waals surface area contributed by atoms with Crippen molar-refractivity contribution in [3.63, 3.8) is 0 Å². The van der Waals surface area contributed by atoms with Gasteiger partial charge < -0.3 is 0 Å². The van der Waals surface area contributed by atoms with E-state index in [1.807, 2.05) is 29.0 Å². The summed E-state index contributed by atoms with van der Waals surface area (Å²) in [5, 5.41) is 4.84. The molecule has 3 rings (SSSR count). The monoisotopic (exact) mass is 276 g/mol. The maximum Gasteiger partial charge on any atom is 0.229 e. The van der Waals surface area contributed by atoms with Crippen LogP contribution in [0.3, 0.4) is 0 Å². The molecule has 0 bridgehead atoms. The SMILES string of the molecule is C=CC1CC(=O)N(c2nc(-c3cccs3)cs2)C1. The van der Waals surface area contributed by atoms with Crippen LogP contribution >= 0.6 is 22.7 Å². The minimum absolute atomic E-state index is 0.145. The number of thiazole rings is 1. The standard InChI is InChI=1S/C13H12N2OS2/c1-2-9-6-12(16)15(7-9)13-14-10(8-18-13)11-4-3-5-17-11/h2-5,8-9H,1,6-7H2. The molecular weight excluding hydrogens is 264 g/mol. The Morgan fingerprint density at radius 1 is 1.50 bits per heavy atom. The van der Waals surface area contributed by atoms with Gasteiger partial charge in [0, 0.05) is 24.3 Å². The van der Waals surface area contributed by atoms with E-state index in [0.29, 0.717) is 13.0 Å². The van der Waals surface area contributed by atoms with Crippen molar-refractivity contribution in [2.45, 2.75) is 6.42 Å².